The molecule has 1 N–H and O–H groups in total. The Kier molecular flexibility index (Phi) is 4.53. The van der Waals surface area contributed by atoms with Gasteiger partial charge in [0.25, 0.3) is 0 Å². The highest BCUT2D eigenvalue weighted by molar-refractivity contribution is 9.11. The summed E-state index contributed by atoms with van der Waals surface area (Å²) < 4.78 is 2.27. The van der Waals surface area contributed by atoms with E-state index in [1.54, 1.807) is 0 Å². The summed E-state index contributed by atoms with van der Waals surface area (Å²) >= 11 is 7.12. The minimum atomic E-state index is 0.617. The SMILES string of the molecule is CC1CCC(Nc2cc(Br)ccc2Br)CC1C. The van der Waals surface area contributed by atoms with Crippen LogP contribution >= 0.6 is 31.9 Å². The highest BCUT2D eigenvalue weighted by atomic mass is 79.9. The van der Waals surface area contributed by atoms with Crippen molar-refractivity contribution in [1.82, 2.24) is 0 Å². The van der Waals surface area contributed by atoms with Gasteiger partial charge in [0.1, 0.15) is 0 Å². The van der Waals surface area contributed by atoms with Gasteiger partial charge in [0.05, 0.1) is 0 Å². The number of rotatable bonds is 2. The van der Waals surface area contributed by atoms with Crippen LogP contribution in [0.5, 0.6) is 0 Å². The maximum atomic E-state index is 3.66. The summed E-state index contributed by atoms with van der Waals surface area (Å²) in [6, 6.07) is 6.90. The van der Waals surface area contributed by atoms with Gasteiger partial charge in [0.2, 0.25) is 0 Å². The Morgan fingerprint density at radius 1 is 1.12 bits per heavy atom. The van der Waals surface area contributed by atoms with Crippen molar-refractivity contribution in [1.29, 1.82) is 0 Å². The number of anilines is 1. The van der Waals surface area contributed by atoms with Crippen LogP contribution < -0.4 is 5.32 Å². The van der Waals surface area contributed by atoms with Gasteiger partial charge in [-0.15, -0.1) is 0 Å². The van der Waals surface area contributed by atoms with Gasteiger partial charge in [-0.25, -0.2) is 0 Å². The van der Waals surface area contributed by atoms with Crippen LogP contribution in [0.4, 0.5) is 5.69 Å². The van der Waals surface area contributed by atoms with E-state index in [1.165, 1.54) is 24.9 Å². The molecule has 0 amide bonds. The van der Waals surface area contributed by atoms with Crippen molar-refractivity contribution in [2.45, 2.75) is 39.2 Å². The molecule has 0 heterocycles. The Morgan fingerprint density at radius 3 is 2.59 bits per heavy atom. The molecule has 0 bridgehead atoms. The number of nitrogens with one attached hydrogen (secondary N) is 1. The standard InChI is InChI=1S/C14H19Br2N/c1-9-3-5-12(7-10(9)2)17-14-8-11(15)4-6-13(14)16/h4,6,8-10,12,17H,3,5,7H2,1-2H3. The number of benzene rings is 1. The van der Waals surface area contributed by atoms with Crippen LogP contribution in [-0.2, 0) is 0 Å². The summed E-state index contributed by atoms with van der Waals surface area (Å²) in [5, 5.41) is 3.66. The maximum absolute atomic E-state index is 3.66. The molecule has 0 spiro atoms. The van der Waals surface area contributed by atoms with E-state index < -0.39 is 0 Å². The smallest absolute Gasteiger partial charge is 0.0498 e. The molecule has 0 saturated heterocycles. The van der Waals surface area contributed by atoms with Crippen molar-refractivity contribution in [2.75, 3.05) is 5.32 Å². The first-order valence-corrected chi connectivity index (χ1v) is 7.86. The normalized spacial score (nSPS) is 29.1. The summed E-state index contributed by atoms with van der Waals surface area (Å²) in [5.41, 5.74) is 1.20. The number of hydrogen-bond acceptors (Lipinski definition) is 1. The van der Waals surface area contributed by atoms with Crippen LogP contribution in [0.3, 0.4) is 0 Å². The Morgan fingerprint density at radius 2 is 1.88 bits per heavy atom. The Balaban J connectivity index is 2.03. The molecular formula is C14H19Br2N. The molecule has 2 rings (SSSR count). The summed E-state index contributed by atoms with van der Waals surface area (Å²) in [4.78, 5) is 0. The molecule has 94 valence electrons. The Hall–Kier alpha value is -0.0200. The zero-order valence-electron chi connectivity index (χ0n) is 10.3. The third-order valence-electron chi connectivity index (χ3n) is 3.89. The molecule has 1 aromatic rings. The molecule has 1 fully saturated rings. The largest absolute Gasteiger partial charge is 0.381 e. The van der Waals surface area contributed by atoms with Crippen molar-refractivity contribution in [3.8, 4) is 0 Å². The second-order valence-corrected chi connectivity index (χ2v) is 7.00. The van der Waals surface area contributed by atoms with Gasteiger partial charge in [-0.2, -0.15) is 0 Å². The molecule has 3 atom stereocenters. The fourth-order valence-electron chi connectivity index (χ4n) is 2.51. The van der Waals surface area contributed by atoms with Gasteiger partial charge in [-0.3, -0.25) is 0 Å². The summed E-state index contributed by atoms with van der Waals surface area (Å²) in [6.45, 7) is 4.74. The van der Waals surface area contributed by atoms with Crippen LogP contribution in [0.15, 0.2) is 27.1 Å². The second kappa shape index (κ2) is 5.75. The minimum absolute atomic E-state index is 0.617. The van der Waals surface area contributed by atoms with Crippen molar-refractivity contribution in [3.05, 3.63) is 27.1 Å². The zero-order valence-corrected chi connectivity index (χ0v) is 13.5. The minimum Gasteiger partial charge on any atom is -0.381 e. The first kappa shape index (κ1) is 13.4. The molecule has 3 unspecified atom stereocenters. The Bertz CT molecular complexity index is 392. The fraction of sp³-hybridized carbons (Fsp3) is 0.571. The van der Waals surface area contributed by atoms with E-state index in [4.69, 9.17) is 0 Å². The first-order chi connectivity index (χ1) is 8.06. The molecule has 1 aliphatic carbocycles. The molecule has 3 heteroatoms. The average Bonchev–Trinajstić information content (AvgIpc) is 2.29. The van der Waals surface area contributed by atoms with Crippen LogP contribution in [-0.4, -0.2) is 6.04 Å². The van der Waals surface area contributed by atoms with Gasteiger partial charge in [-0.05, 0) is 65.2 Å². The molecule has 0 aliphatic heterocycles. The monoisotopic (exact) mass is 359 g/mol. The molecule has 1 aliphatic rings. The molecule has 1 nitrogen and oxygen atoms in total. The second-order valence-electron chi connectivity index (χ2n) is 5.23. The summed E-state index contributed by atoms with van der Waals surface area (Å²) in [6.07, 6.45) is 3.90. The highest BCUT2D eigenvalue weighted by Gasteiger charge is 2.24. The third kappa shape index (κ3) is 3.47. The average molecular weight is 361 g/mol. The lowest BCUT2D eigenvalue weighted by Crippen LogP contribution is -2.30. The third-order valence-corrected chi connectivity index (χ3v) is 5.07. The quantitative estimate of drug-likeness (QED) is 0.739. The van der Waals surface area contributed by atoms with Crippen molar-refractivity contribution in [3.63, 3.8) is 0 Å². The molecule has 0 aromatic heterocycles. The number of halogens is 2. The first-order valence-electron chi connectivity index (χ1n) is 6.28. The zero-order chi connectivity index (χ0) is 12.4. The van der Waals surface area contributed by atoms with Crippen LogP contribution in [0.25, 0.3) is 0 Å². The topological polar surface area (TPSA) is 12.0 Å². The lowest BCUT2D eigenvalue weighted by Gasteiger charge is -2.33. The van der Waals surface area contributed by atoms with E-state index in [0.29, 0.717) is 6.04 Å². The fourth-order valence-corrected chi connectivity index (χ4v) is 3.23. The molecule has 1 aromatic carbocycles. The molecular weight excluding hydrogens is 342 g/mol. The van der Waals surface area contributed by atoms with E-state index in [9.17, 15) is 0 Å². The van der Waals surface area contributed by atoms with Crippen LogP contribution in [0, 0.1) is 11.8 Å². The van der Waals surface area contributed by atoms with Crippen molar-refractivity contribution >= 4 is 37.5 Å². The van der Waals surface area contributed by atoms with Crippen LogP contribution in [0.1, 0.15) is 33.1 Å². The van der Waals surface area contributed by atoms with Gasteiger partial charge in [-0.1, -0.05) is 29.8 Å². The van der Waals surface area contributed by atoms with Gasteiger partial charge < -0.3 is 5.32 Å². The number of hydrogen-bond donors (Lipinski definition) is 1. The van der Waals surface area contributed by atoms with E-state index in [2.05, 4.69) is 69.2 Å². The van der Waals surface area contributed by atoms with Crippen molar-refractivity contribution < 1.29 is 0 Å². The predicted molar refractivity (Wildman–Crippen MR) is 81.4 cm³/mol. The van der Waals surface area contributed by atoms with E-state index in [0.717, 1.165) is 20.8 Å². The van der Waals surface area contributed by atoms with Gasteiger partial charge in [0.15, 0.2) is 0 Å². The predicted octanol–water partition coefficient (Wildman–Crippen LogP) is 5.45. The van der Waals surface area contributed by atoms with E-state index in [-0.39, 0.29) is 0 Å². The molecule has 0 radical (unpaired) electrons. The van der Waals surface area contributed by atoms with Crippen molar-refractivity contribution in [2.24, 2.45) is 11.8 Å². The van der Waals surface area contributed by atoms with Gasteiger partial charge >= 0.3 is 0 Å². The molecule has 1 saturated carbocycles. The highest BCUT2D eigenvalue weighted by Crippen LogP contribution is 2.33. The summed E-state index contributed by atoms with van der Waals surface area (Å²) in [7, 11) is 0. The molecule has 17 heavy (non-hydrogen) atoms. The van der Waals surface area contributed by atoms with Gasteiger partial charge in [0, 0.05) is 20.7 Å². The summed E-state index contributed by atoms with van der Waals surface area (Å²) in [5.74, 6) is 1.70. The van der Waals surface area contributed by atoms with E-state index >= 15 is 0 Å². The van der Waals surface area contributed by atoms with Crippen LogP contribution in [0.2, 0.25) is 0 Å². The lowest BCUT2D eigenvalue weighted by molar-refractivity contribution is 0.261. The van der Waals surface area contributed by atoms with E-state index in [1.807, 2.05) is 0 Å². The lowest BCUT2D eigenvalue weighted by atomic mass is 9.79. The Labute approximate surface area is 121 Å². The maximum Gasteiger partial charge on any atom is 0.0498 e.